The molecular weight excluding hydrogens is 393 g/mol. The molecule has 0 aliphatic carbocycles. The van der Waals surface area contributed by atoms with Crippen LogP contribution in [0.5, 0.6) is 0 Å². The van der Waals surface area contributed by atoms with Crippen molar-refractivity contribution in [3.8, 4) is 0 Å². The average Bonchev–Trinajstić information content (AvgIpc) is 3.03. The smallest absolute Gasteiger partial charge is 0.244 e. The molecule has 3 aromatic carbocycles. The number of hydrogen-bond donors (Lipinski definition) is 1. The largest absolute Gasteiger partial charge is 0.325 e. The van der Waals surface area contributed by atoms with E-state index < -0.39 is 0 Å². The maximum absolute atomic E-state index is 12.7. The molecule has 0 saturated carbocycles. The van der Waals surface area contributed by atoms with Gasteiger partial charge in [-0.15, -0.1) is 0 Å². The summed E-state index contributed by atoms with van der Waals surface area (Å²) in [5.41, 5.74) is 3.44. The second kappa shape index (κ2) is 8.05. The molecule has 0 radical (unpaired) electrons. The van der Waals surface area contributed by atoms with E-state index in [1.165, 1.54) is 0 Å². The summed E-state index contributed by atoms with van der Waals surface area (Å²) in [5.74, 6) is 0.659. The fourth-order valence-electron chi connectivity index (χ4n) is 3.13. The van der Waals surface area contributed by atoms with Gasteiger partial charge in [-0.3, -0.25) is 4.79 Å². The van der Waals surface area contributed by atoms with Crippen molar-refractivity contribution < 1.29 is 4.79 Å². The van der Waals surface area contributed by atoms with Gasteiger partial charge in [0, 0.05) is 22.2 Å². The Kier molecular flexibility index (Phi) is 5.33. The van der Waals surface area contributed by atoms with E-state index >= 15 is 0 Å². The first-order valence-corrected chi connectivity index (χ1v) is 9.59. The SMILES string of the molecule is O=C(Cn1c(Cc2ccccc2Cl)nc2ccccc21)Nc1ccc(Cl)cc1. The second-order valence-electron chi connectivity index (χ2n) is 6.43. The Hall–Kier alpha value is -2.82. The fourth-order valence-corrected chi connectivity index (χ4v) is 3.45. The van der Waals surface area contributed by atoms with Gasteiger partial charge in [0.1, 0.15) is 12.4 Å². The van der Waals surface area contributed by atoms with Crippen LogP contribution < -0.4 is 5.32 Å². The summed E-state index contributed by atoms with van der Waals surface area (Å²) in [6, 6.07) is 22.5. The predicted molar refractivity (Wildman–Crippen MR) is 114 cm³/mol. The molecule has 1 amide bonds. The Morgan fingerprint density at radius 2 is 1.64 bits per heavy atom. The number of benzene rings is 3. The summed E-state index contributed by atoms with van der Waals surface area (Å²) >= 11 is 12.2. The highest BCUT2D eigenvalue weighted by molar-refractivity contribution is 6.31. The molecule has 0 aliphatic heterocycles. The van der Waals surface area contributed by atoms with Crippen molar-refractivity contribution in [3.05, 3.63) is 94.2 Å². The van der Waals surface area contributed by atoms with Gasteiger partial charge in [0.15, 0.2) is 0 Å². The number of nitrogens with one attached hydrogen (secondary N) is 1. The number of carbonyl (C=O) groups is 1. The lowest BCUT2D eigenvalue weighted by Gasteiger charge is -2.11. The van der Waals surface area contributed by atoms with Crippen molar-refractivity contribution in [2.75, 3.05) is 5.32 Å². The van der Waals surface area contributed by atoms with Gasteiger partial charge in [-0.25, -0.2) is 4.98 Å². The fraction of sp³-hybridized carbons (Fsp3) is 0.0909. The number of hydrogen-bond acceptors (Lipinski definition) is 2. The molecule has 6 heteroatoms. The number of carbonyl (C=O) groups excluding carboxylic acids is 1. The maximum Gasteiger partial charge on any atom is 0.244 e. The van der Waals surface area contributed by atoms with Crippen LogP contribution in [0, 0.1) is 0 Å². The molecule has 0 spiro atoms. The zero-order chi connectivity index (χ0) is 19.5. The Morgan fingerprint density at radius 3 is 2.43 bits per heavy atom. The molecule has 4 aromatic rings. The van der Waals surface area contributed by atoms with Gasteiger partial charge in [-0.2, -0.15) is 0 Å². The summed E-state index contributed by atoms with van der Waals surface area (Å²) in [6.45, 7) is 0.156. The number of nitrogens with zero attached hydrogens (tertiary/aromatic N) is 2. The topological polar surface area (TPSA) is 46.9 Å². The van der Waals surface area contributed by atoms with E-state index in [2.05, 4.69) is 5.32 Å². The quantitative estimate of drug-likeness (QED) is 0.468. The Labute approximate surface area is 172 Å². The zero-order valence-corrected chi connectivity index (χ0v) is 16.4. The van der Waals surface area contributed by atoms with E-state index in [9.17, 15) is 4.79 Å². The van der Waals surface area contributed by atoms with Crippen LogP contribution in [0.4, 0.5) is 5.69 Å². The number of fused-ring (bicyclic) bond motifs is 1. The summed E-state index contributed by atoms with van der Waals surface area (Å²) in [5, 5.41) is 4.21. The van der Waals surface area contributed by atoms with E-state index in [-0.39, 0.29) is 12.5 Å². The van der Waals surface area contributed by atoms with E-state index in [1.54, 1.807) is 24.3 Å². The number of amides is 1. The van der Waals surface area contributed by atoms with Crippen molar-refractivity contribution in [3.63, 3.8) is 0 Å². The summed E-state index contributed by atoms with van der Waals surface area (Å²) in [4.78, 5) is 17.4. The van der Waals surface area contributed by atoms with Gasteiger partial charge in [-0.1, -0.05) is 53.5 Å². The summed E-state index contributed by atoms with van der Waals surface area (Å²) in [7, 11) is 0. The zero-order valence-electron chi connectivity index (χ0n) is 14.9. The van der Waals surface area contributed by atoms with Gasteiger partial charge >= 0.3 is 0 Å². The van der Waals surface area contributed by atoms with E-state index in [0.717, 1.165) is 22.4 Å². The molecule has 0 bridgehead atoms. The van der Waals surface area contributed by atoms with Crippen LogP contribution in [0.15, 0.2) is 72.8 Å². The number of rotatable bonds is 5. The molecule has 1 N–H and O–H groups in total. The minimum Gasteiger partial charge on any atom is -0.325 e. The number of anilines is 1. The number of imidazole rings is 1. The molecule has 4 rings (SSSR count). The summed E-state index contributed by atoms with van der Waals surface area (Å²) < 4.78 is 1.93. The molecule has 1 heterocycles. The number of para-hydroxylation sites is 2. The Balaban J connectivity index is 1.64. The van der Waals surface area contributed by atoms with Crippen LogP contribution in [0.25, 0.3) is 11.0 Å². The number of halogens is 2. The minimum atomic E-state index is -0.133. The lowest BCUT2D eigenvalue weighted by Crippen LogP contribution is -2.20. The Morgan fingerprint density at radius 1 is 0.929 bits per heavy atom. The number of aromatic nitrogens is 2. The molecule has 0 atom stereocenters. The molecule has 0 fully saturated rings. The van der Waals surface area contributed by atoms with Crippen molar-refractivity contribution in [2.45, 2.75) is 13.0 Å². The molecule has 140 valence electrons. The van der Waals surface area contributed by atoms with Crippen LogP contribution in [-0.4, -0.2) is 15.5 Å². The lowest BCUT2D eigenvalue weighted by atomic mass is 10.1. The highest BCUT2D eigenvalue weighted by Crippen LogP contribution is 2.22. The first kappa shape index (κ1) is 18.5. The van der Waals surface area contributed by atoms with Crippen LogP contribution in [-0.2, 0) is 17.8 Å². The predicted octanol–water partition coefficient (Wildman–Crippen LogP) is 5.57. The van der Waals surface area contributed by atoms with Gasteiger partial charge < -0.3 is 9.88 Å². The summed E-state index contributed by atoms with van der Waals surface area (Å²) in [6.07, 6.45) is 0.544. The maximum atomic E-state index is 12.7. The third-order valence-corrected chi connectivity index (χ3v) is 5.09. The molecule has 0 aliphatic rings. The van der Waals surface area contributed by atoms with E-state index in [4.69, 9.17) is 28.2 Å². The highest BCUT2D eigenvalue weighted by atomic mass is 35.5. The third kappa shape index (κ3) is 4.03. The monoisotopic (exact) mass is 409 g/mol. The molecule has 4 nitrogen and oxygen atoms in total. The first-order chi connectivity index (χ1) is 13.6. The van der Waals surface area contributed by atoms with Crippen LogP contribution in [0.2, 0.25) is 10.0 Å². The van der Waals surface area contributed by atoms with Gasteiger partial charge in [0.25, 0.3) is 0 Å². The normalized spacial score (nSPS) is 10.9. The molecule has 1 aromatic heterocycles. The van der Waals surface area contributed by atoms with Crippen molar-refractivity contribution >= 4 is 45.8 Å². The van der Waals surface area contributed by atoms with Crippen molar-refractivity contribution in [1.82, 2.24) is 9.55 Å². The van der Waals surface area contributed by atoms with Crippen LogP contribution in [0.1, 0.15) is 11.4 Å². The van der Waals surface area contributed by atoms with Gasteiger partial charge in [0.05, 0.1) is 11.0 Å². The van der Waals surface area contributed by atoms with E-state index in [1.807, 2.05) is 53.1 Å². The molecule has 28 heavy (non-hydrogen) atoms. The standard InChI is InChI=1S/C22H17Cl2N3O/c23-16-9-11-17(12-10-16)25-22(28)14-27-20-8-4-3-7-19(20)26-21(27)13-15-5-1-2-6-18(15)24/h1-12H,13-14H2,(H,25,28). The van der Waals surface area contributed by atoms with Crippen LogP contribution >= 0.6 is 23.2 Å². The van der Waals surface area contributed by atoms with Gasteiger partial charge in [0.2, 0.25) is 5.91 Å². The first-order valence-electron chi connectivity index (χ1n) is 8.83. The second-order valence-corrected chi connectivity index (χ2v) is 7.27. The Bertz CT molecular complexity index is 1140. The van der Waals surface area contributed by atoms with E-state index in [0.29, 0.717) is 22.2 Å². The molecule has 0 unspecified atom stereocenters. The van der Waals surface area contributed by atoms with Crippen molar-refractivity contribution in [2.24, 2.45) is 0 Å². The van der Waals surface area contributed by atoms with Crippen LogP contribution in [0.3, 0.4) is 0 Å². The molecule has 0 saturated heterocycles. The highest BCUT2D eigenvalue weighted by Gasteiger charge is 2.15. The average molecular weight is 410 g/mol. The minimum absolute atomic E-state index is 0.133. The lowest BCUT2D eigenvalue weighted by molar-refractivity contribution is -0.116. The van der Waals surface area contributed by atoms with Gasteiger partial charge in [-0.05, 0) is 48.0 Å². The third-order valence-electron chi connectivity index (χ3n) is 4.47. The van der Waals surface area contributed by atoms with Crippen molar-refractivity contribution in [1.29, 1.82) is 0 Å². The molecular formula is C22H17Cl2N3O.